The number of hydrogen-bond donors (Lipinski definition) is 1. The van der Waals surface area contributed by atoms with Gasteiger partial charge in [0.05, 0.1) is 6.54 Å². The van der Waals surface area contributed by atoms with E-state index in [1.54, 1.807) is 6.92 Å². The fourth-order valence-corrected chi connectivity index (χ4v) is 2.64. The van der Waals surface area contributed by atoms with Crippen LogP contribution < -0.4 is 10.9 Å². The Morgan fingerprint density at radius 3 is 2.58 bits per heavy atom. The van der Waals surface area contributed by atoms with E-state index < -0.39 is 0 Å². The fourth-order valence-electron chi connectivity index (χ4n) is 2.46. The molecule has 1 heterocycles. The highest BCUT2D eigenvalue weighted by Gasteiger charge is 2.09. The third-order valence-corrected chi connectivity index (χ3v) is 4.29. The number of aromatic nitrogens is 2. The molecule has 3 rings (SSSR count). The van der Waals surface area contributed by atoms with Crippen LogP contribution in [0.25, 0.3) is 0 Å². The molecule has 24 heavy (non-hydrogen) atoms. The highest BCUT2D eigenvalue weighted by atomic mass is 35.5. The Kier molecular flexibility index (Phi) is 4.67. The normalized spacial score (nSPS) is 10.6. The van der Waals surface area contributed by atoms with Gasteiger partial charge >= 0.3 is 0 Å². The molecule has 0 bridgehead atoms. The standard InChI is InChI=1S/C19H18ClN3O/c1-13-11-23(12-15-7-4-3-5-8-15)19(22-18(13)24)21-17-10-6-9-16(20)14(17)2/h3-11H,12H2,1-2H3,(H,21,22,24). The predicted octanol–water partition coefficient (Wildman–Crippen LogP) is 4.31. The summed E-state index contributed by atoms with van der Waals surface area (Å²) in [5.41, 5.74) is 3.26. The lowest BCUT2D eigenvalue weighted by Gasteiger charge is -2.16. The molecule has 0 aliphatic carbocycles. The summed E-state index contributed by atoms with van der Waals surface area (Å²) in [4.78, 5) is 16.2. The second-order valence-corrected chi connectivity index (χ2v) is 6.11. The molecular formula is C19H18ClN3O. The Balaban J connectivity index is 2.01. The van der Waals surface area contributed by atoms with Crippen molar-refractivity contribution >= 4 is 23.2 Å². The molecule has 0 saturated heterocycles. The summed E-state index contributed by atoms with van der Waals surface area (Å²) in [5, 5.41) is 3.91. The molecule has 0 atom stereocenters. The van der Waals surface area contributed by atoms with Gasteiger partial charge in [0, 0.05) is 22.5 Å². The van der Waals surface area contributed by atoms with Crippen LogP contribution in [0.5, 0.6) is 0 Å². The van der Waals surface area contributed by atoms with Gasteiger partial charge in [-0.3, -0.25) is 4.79 Å². The third kappa shape index (κ3) is 3.49. The molecule has 1 aromatic heterocycles. The van der Waals surface area contributed by atoms with Crippen LogP contribution in [0, 0.1) is 13.8 Å². The average Bonchev–Trinajstić information content (AvgIpc) is 2.57. The molecule has 3 aromatic rings. The molecule has 0 aliphatic heterocycles. The quantitative estimate of drug-likeness (QED) is 0.770. The zero-order valence-electron chi connectivity index (χ0n) is 13.6. The maximum absolute atomic E-state index is 12.0. The van der Waals surface area contributed by atoms with Gasteiger partial charge in [-0.2, -0.15) is 4.98 Å². The van der Waals surface area contributed by atoms with Crippen molar-refractivity contribution < 1.29 is 0 Å². The summed E-state index contributed by atoms with van der Waals surface area (Å²) in [6, 6.07) is 15.7. The van der Waals surface area contributed by atoms with E-state index in [2.05, 4.69) is 10.3 Å². The zero-order chi connectivity index (χ0) is 17.1. The Bertz CT molecular complexity index is 920. The molecule has 0 radical (unpaired) electrons. The Morgan fingerprint density at radius 1 is 1.08 bits per heavy atom. The van der Waals surface area contributed by atoms with Gasteiger partial charge in [0.1, 0.15) is 0 Å². The van der Waals surface area contributed by atoms with Gasteiger partial charge < -0.3 is 9.88 Å². The molecule has 0 fully saturated rings. The Hall–Kier alpha value is -2.59. The van der Waals surface area contributed by atoms with Crippen molar-refractivity contribution in [2.75, 3.05) is 5.32 Å². The molecule has 1 N–H and O–H groups in total. The first-order valence-corrected chi connectivity index (χ1v) is 8.06. The van der Waals surface area contributed by atoms with Crippen molar-refractivity contribution in [1.29, 1.82) is 0 Å². The van der Waals surface area contributed by atoms with E-state index in [1.165, 1.54) is 0 Å². The molecule has 0 unspecified atom stereocenters. The van der Waals surface area contributed by atoms with Gasteiger partial charge in [-0.05, 0) is 37.1 Å². The first-order chi connectivity index (χ1) is 11.5. The zero-order valence-corrected chi connectivity index (χ0v) is 14.3. The summed E-state index contributed by atoms with van der Waals surface area (Å²) < 4.78 is 1.94. The van der Waals surface area contributed by atoms with Crippen molar-refractivity contribution in [3.8, 4) is 0 Å². The Morgan fingerprint density at radius 2 is 1.83 bits per heavy atom. The molecule has 2 aromatic carbocycles. The predicted molar refractivity (Wildman–Crippen MR) is 98.2 cm³/mol. The van der Waals surface area contributed by atoms with Crippen LogP contribution in [-0.2, 0) is 6.54 Å². The van der Waals surface area contributed by atoms with Gasteiger partial charge in [0.2, 0.25) is 5.95 Å². The monoisotopic (exact) mass is 339 g/mol. The molecule has 5 heteroatoms. The number of rotatable bonds is 4. The van der Waals surface area contributed by atoms with Crippen molar-refractivity contribution in [3.63, 3.8) is 0 Å². The molecule has 0 amide bonds. The summed E-state index contributed by atoms with van der Waals surface area (Å²) >= 11 is 6.18. The number of halogens is 1. The van der Waals surface area contributed by atoms with Crippen LogP contribution in [-0.4, -0.2) is 9.55 Å². The second kappa shape index (κ2) is 6.89. The second-order valence-electron chi connectivity index (χ2n) is 5.70. The van der Waals surface area contributed by atoms with E-state index >= 15 is 0 Å². The van der Waals surface area contributed by atoms with Crippen LogP contribution in [0.2, 0.25) is 5.02 Å². The van der Waals surface area contributed by atoms with E-state index in [0.29, 0.717) is 23.1 Å². The molecule has 0 saturated carbocycles. The maximum atomic E-state index is 12.0. The molecule has 0 aliphatic rings. The number of hydrogen-bond acceptors (Lipinski definition) is 3. The highest BCUT2D eigenvalue weighted by Crippen LogP contribution is 2.25. The van der Waals surface area contributed by atoms with E-state index in [9.17, 15) is 4.79 Å². The SMILES string of the molecule is Cc1c(Cl)cccc1Nc1nc(=O)c(C)cn1Cc1ccccc1. The van der Waals surface area contributed by atoms with Gasteiger partial charge in [-0.15, -0.1) is 0 Å². The molecule has 4 nitrogen and oxygen atoms in total. The number of aryl methyl sites for hydroxylation is 1. The van der Waals surface area contributed by atoms with Crippen molar-refractivity contribution in [3.05, 3.63) is 86.8 Å². The number of nitrogens with one attached hydrogen (secondary N) is 1. The number of nitrogens with zero attached hydrogens (tertiary/aromatic N) is 2. The lowest BCUT2D eigenvalue weighted by Crippen LogP contribution is -2.19. The summed E-state index contributed by atoms with van der Waals surface area (Å²) in [5.74, 6) is 0.500. The van der Waals surface area contributed by atoms with Gasteiger partial charge in [-0.1, -0.05) is 48.0 Å². The van der Waals surface area contributed by atoms with Crippen LogP contribution in [0.15, 0.2) is 59.5 Å². The van der Waals surface area contributed by atoms with Crippen LogP contribution in [0.4, 0.5) is 11.6 Å². The summed E-state index contributed by atoms with van der Waals surface area (Å²) in [6.45, 7) is 4.32. The topological polar surface area (TPSA) is 46.9 Å². The minimum Gasteiger partial charge on any atom is -0.325 e. The van der Waals surface area contributed by atoms with Crippen molar-refractivity contribution in [1.82, 2.24) is 9.55 Å². The smallest absolute Gasteiger partial charge is 0.277 e. The van der Waals surface area contributed by atoms with Gasteiger partial charge in [-0.25, -0.2) is 0 Å². The van der Waals surface area contributed by atoms with Gasteiger partial charge in [0.15, 0.2) is 0 Å². The Labute approximate surface area is 145 Å². The molecule has 0 spiro atoms. The van der Waals surface area contributed by atoms with E-state index in [0.717, 1.165) is 16.8 Å². The molecular weight excluding hydrogens is 322 g/mol. The van der Waals surface area contributed by atoms with Gasteiger partial charge in [0.25, 0.3) is 5.56 Å². The fraction of sp³-hybridized carbons (Fsp3) is 0.158. The maximum Gasteiger partial charge on any atom is 0.277 e. The van der Waals surface area contributed by atoms with Crippen molar-refractivity contribution in [2.45, 2.75) is 20.4 Å². The van der Waals surface area contributed by atoms with Crippen LogP contribution in [0.3, 0.4) is 0 Å². The van der Waals surface area contributed by atoms with E-state index in [4.69, 9.17) is 11.6 Å². The minimum atomic E-state index is -0.235. The number of anilines is 2. The first-order valence-electron chi connectivity index (χ1n) is 7.69. The van der Waals surface area contributed by atoms with Crippen LogP contribution in [0.1, 0.15) is 16.7 Å². The lowest BCUT2D eigenvalue weighted by molar-refractivity contribution is 0.766. The summed E-state index contributed by atoms with van der Waals surface area (Å²) in [6.07, 6.45) is 1.82. The largest absolute Gasteiger partial charge is 0.325 e. The lowest BCUT2D eigenvalue weighted by atomic mass is 10.2. The average molecular weight is 340 g/mol. The highest BCUT2D eigenvalue weighted by molar-refractivity contribution is 6.31. The first kappa shape index (κ1) is 16.3. The minimum absolute atomic E-state index is 0.235. The third-order valence-electron chi connectivity index (χ3n) is 3.88. The van der Waals surface area contributed by atoms with E-state index in [-0.39, 0.29) is 5.56 Å². The van der Waals surface area contributed by atoms with Crippen LogP contribution >= 0.6 is 11.6 Å². The van der Waals surface area contributed by atoms with Crippen molar-refractivity contribution in [2.24, 2.45) is 0 Å². The number of benzene rings is 2. The molecule has 122 valence electrons. The summed E-state index contributed by atoms with van der Waals surface area (Å²) in [7, 11) is 0. The van der Waals surface area contributed by atoms with E-state index in [1.807, 2.05) is 66.2 Å².